The highest BCUT2D eigenvalue weighted by molar-refractivity contribution is 8.29. The molecule has 1 aromatic rings. The summed E-state index contributed by atoms with van der Waals surface area (Å²) >= 11 is 4.64. The highest BCUT2D eigenvalue weighted by Gasteiger charge is 2.24. The number of benzene rings is 1. The van der Waals surface area contributed by atoms with E-state index in [0.717, 1.165) is 17.5 Å². The second-order valence-corrected chi connectivity index (χ2v) is 6.98. The molecule has 0 aliphatic heterocycles. The van der Waals surface area contributed by atoms with E-state index in [-0.39, 0.29) is 0 Å². The highest BCUT2D eigenvalue weighted by atomic mass is 32.8. The van der Waals surface area contributed by atoms with Gasteiger partial charge >= 0.3 is 0 Å². The Hall–Kier alpha value is -0.450. The molecule has 2 nitrogen and oxygen atoms in total. The van der Waals surface area contributed by atoms with Crippen LogP contribution in [0.25, 0.3) is 0 Å². The molecule has 15 heavy (non-hydrogen) atoms. The molecule has 1 saturated carbocycles. The first-order chi connectivity index (χ1) is 6.97. The zero-order valence-electron chi connectivity index (χ0n) is 8.60. The van der Waals surface area contributed by atoms with Crippen LogP contribution in [-0.4, -0.2) is 8.76 Å². The van der Waals surface area contributed by atoms with Crippen molar-refractivity contribution < 1.29 is 8.76 Å². The first kappa shape index (κ1) is 11.0. The summed E-state index contributed by atoms with van der Waals surface area (Å²) in [6.07, 6.45) is 3.36. The van der Waals surface area contributed by atoms with Crippen LogP contribution in [0.2, 0.25) is 0 Å². The molecular formula is C11H14O2S2. The molecular weight excluding hydrogens is 228 g/mol. The molecule has 0 heterocycles. The predicted octanol–water partition coefficient (Wildman–Crippen LogP) is 2.53. The molecule has 0 aromatic heterocycles. The molecule has 1 atom stereocenters. The van der Waals surface area contributed by atoms with Gasteiger partial charge in [-0.15, -0.1) is 0 Å². The molecule has 0 bridgehead atoms. The molecule has 82 valence electrons. The van der Waals surface area contributed by atoms with Crippen LogP contribution in [-0.2, 0) is 26.4 Å². The molecule has 2 rings (SSSR count). The highest BCUT2D eigenvalue weighted by Crippen LogP contribution is 2.34. The lowest BCUT2D eigenvalue weighted by Crippen LogP contribution is -2.03. The normalized spacial score (nSPS) is 19.9. The van der Waals surface area contributed by atoms with Crippen molar-refractivity contribution >= 4 is 20.0 Å². The van der Waals surface area contributed by atoms with E-state index in [1.807, 2.05) is 19.1 Å². The fourth-order valence-electron chi connectivity index (χ4n) is 1.75. The van der Waals surface area contributed by atoms with E-state index in [1.54, 1.807) is 6.07 Å². The van der Waals surface area contributed by atoms with E-state index in [1.165, 1.54) is 12.8 Å². The molecule has 0 amide bonds. The van der Waals surface area contributed by atoms with Crippen LogP contribution in [0.15, 0.2) is 23.1 Å². The first-order valence-electron chi connectivity index (χ1n) is 5.04. The van der Waals surface area contributed by atoms with Gasteiger partial charge in [-0.1, -0.05) is 17.7 Å². The van der Waals surface area contributed by atoms with E-state index < -0.39 is 8.77 Å². The summed E-state index contributed by atoms with van der Waals surface area (Å²) in [5, 5.41) is 0. The minimum absolute atomic E-state index is 0.440. The third kappa shape index (κ3) is 2.77. The summed E-state index contributed by atoms with van der Waals surface area (Å²) in [4.78, 5) is 0.440. The molecule has 1 aliphatic rings. The molecule has 1 fully saturated rings. The van der Waals surface area contributed by atoms with Gasteiger partial charge in [0.05, 0.1) is 4.90 Å². The zero-order chi connectivity index (χ0) is 11.1. The largest absolute Gasteiger partial charge is 0.302 e. The molecule has 0 radical (unpaired) electrons. The van der Waals surface area contributed by atoms with Crippen molar-refractivity contribution in [2.75, 3.05) is 0 Å². The van der Waals surface area contributed by atoms with Gasteiger partial charge in [-0.2, -0.15) is 0 Å². The van der Waals surface area contributed by atoms with Crippen molar-refractivity contribution in [3.8, 4) is 0 Å². The van der Waals surface area contributed by atoms with Gasteiger partial charge in [-0.3, -0.25) is 0 Å². The van der Waals surface area contributed by atoms with Crippen molar-refractivity contribution in [3.05, 3.63) is 29.3 Å². The Morgan fingerprint density at radius 3 is 2.73 bits per heavy atom. The van der Waals surface area contributed by atoms with Gasteiger partial charge < -0.3 is 4.55 Å². The monoisotopic (exact) mass is 242 g/mol. The maximum atomic E-state index is 11.5. The zero-order valence-corrected chi connectivity index (χ0v) is 10.2. The average molecular weight is 242 g/mol. The second-order valence-electron chi connectivity index (χ2n) is 4.23. The third-order valence-electron chi connectivity index (χ3n) is 2.70. The fraction of sp³-hybridized carbons (Fsp3) is 0.455. The molecule has 1 N–H and O–H groups in total. The Morgan fingerprint density at radius 2 is 2.20 bits per heavy atom. The van der Waals surface area contributed by atoms with Crippen molar-refractivity contribution in [2.45, 2.75) is 31.1 Å². The summed E-state index contributed by atoms with van der Waals surface area (Å²) in [5.74, 6) is 0.697. The lowest BCUT2D eigenvalue weighted by atomic mass is 10.1. The van der Waals surface area contributed by atoms with Crippen LogP contribution >= 0.6 is 0 Å². The molecule has 1 unspecified atom stereocenters. The lowest BCUT2D eigenvalue weighted by molar-refractivity contribution is 0.560. The summed E-state index contributed by atoms with van der Waals surface area (Å²) in [6, 6.07) is 5.52. The quantitative estimate of drug-likeness (QED) is 0.885. The van der Waals surface area contributed by atoms with Crippen molar-refractivity contribution in [1.82, 2.24) is 0 Å². The van der Waals surface area contributed by atoms with Crippen LogP contribution < -0.4 is 0 Å². The lowest BCUT2D eigenvalue weighted by Gasteiger charge is -2.09. The summed E-state index contributed by atoms with van der Waals surface area (Å²) in [7, 11) is -3.23. The Labute approximate surface area is 95.2 Å². The molecule has 4 heteroatoms. The minimum atomic E-state index is -3.23. The number of hydrogen-bond acceptors (Lipinski definition) is 2. The Balaban J connectivity index is 2.43. The van der Waals surface area contributed by atoms with Crippen LogP contribution in [0.5, 0.6) is 0 Å². The minimum Gasteiger partial charge on any atom is -0.302 e. The van der Waals surface area contributed by atoms with E-state index in [9.17, 15) is 8.76 Å². The van der Waals surface area contributed by atoms with Crippen LogP contribution in [0.4, 0.5) is 0 Å². The van der Waals surface area contributed by atoms with Crippen molar-refractivity contribution in [1.29, 1.82) is 0 Å². The predicted molar refractivity (Wildman–Crippen MR) is 64.0 cm³/mol. The van der Waals surface area contributed by atoms with Gasteiger partial charge in [0.15, 0.2) is 8.77 Å². The average Bonchev–Trinajstić information content (AvgIpc) is 2.85. The maximum absolute atomic E-state index is 11.5. The first-order valence-corrected chi connectivity index (χ1v) is 7.48. The number of hydrogen-bond donors (Lipinski definition) is 1. The topological polar surface area (TPSA) is 37.3 Å². The Kier molecular flexibility index (Phi) is 2.83. The van der Waals surface area contributed by atoms with Gasteiger partial charge in [0.1, 0.15) is 0 Å². The summed E-state index contributed by atoms with van der Waals surface area (Å²) in [6.45, 7) is 1.99. The van der Waals surface area contributed by atoms with Gasteiger partial charge in [-0.05, 0) is 43.7 Å². The smallest absolute Gasteiger partial charge is 0.171 e. The van der Waals surface area contributed by atoms with Crippen molar-refractivity contribution in [3.63, 3.8) is 0 Å². The summed E-state index contributed by atoms with van der Waals surface area (Å²) in [5.41, 5.74) is 2.08. The van der Waals surface area contributed by atoms with E-state index in [2.05, 4.69) is 11.2 Å². The number of rotatable bonds is 3. The van der Waals surface area contributed by atoms with E-state index >= 15 is 0 Å². The van der Waals surface area contributed by atoms with E-state index in [0.29, 0.717) is 10.8 Å². The van der Waals surface area contributed by atoms with Gasteiger partial charge in [0, 0.05) is 11.2 Å². The molecule has 0 spiro atoms. The van der Waals surface area contributed by atoms with Crippen LogP contribution in [0.3, 0.4) is 0 Å². The number of aryl methyl sites for hydroxylation is 1. The van der Waals surface area contributed by atoms with Gasteiger partial charge in [0.2, 0.25) is 0 Å². The fourth-order valence-corrected chi connectivity index (χ4v) is 2.95. The second kappa shape index (κ2) is 3.85. The van der Waals surface area contributed by atoms with E-state index in [4.69, 9.17) is 0 Å². The maximum Gasteiger partial charge on any atom is 0.171 e. The van der Waals surface area contributed by atoms with Crippen LogP contribution in [0, 0.1) is 12.8 Å². The molecule has 1 aliphatic carbocycles. The van der Waals surface area contributed by atoms with Crippen molar-refractivity contribution in [2.24, 2.45) is 5.92 Å². The molecule has 1 aromatic carbocycles. The van der Waals surface area contributed by atoms with Gasteiger partial charge in [0.25, 0.3) is 0 Å². The Morgan fingerprint density at radius 1 is 1.53 bits per heavy atom. The summed E-state index contributed by atoms with van der Waals surface area (Å²) < 4.78 is 20.9. The SMILES string of the molecule is Cc1ccc(S(=O)(O)=S)c(CC2CC2)c1. The van der Waals surface area contributed by atoms with Crippen LogP contribution in [0.1, 0.15) is 24.0 Å². The Bertz CT molecular complexity index is 473. The third-order valence-corrected chi connectivity index (χ3v) is 4.19. The molecule has 0 saturated heterocycles. The van der Waals surface area contributed by atoms with Gasteiger partial charge in [-0.25, -0.2) is 4.21 Å². The standard InChI is InChI=1S/C11H14O2S2/c1-8-2-5-11(15(12,13)14)10(6-8)7-9-3-4-9/h2,5-6,9H,3-4,7H2,1H3,(H,12,13,14).